The molecule has 0 saturated heterocycles. The first-order valence-corrected chi connectivity index (χ1v) is 10.6. The van der Waals surface area contributed by atoms with E-state index in [1.807, 2.05) is 0 Å². The summed E-state index contributed by atoms with van der Waals surface area (Å²) in [5.74, 6) is -3.47. The molecule has 1 heterocycles. The number of carboxylic acids is 1. The number of nitrogens with two attached hydrogens (primary N) is 1. The third kappa shape index (κ3) is 8.21. The van der Waals surface area contributed by atoms with Crippen LogP contribution >= 0.6 is 12.6 Å². The number of rotatable bonds is 12. The van der Waals surface area contributed by atoms with E-state index in [9.17, 15) is 24.3 Å². The monoisotopic (exact) mass is 456 g/mol. The van der Waals surface area contributed by atoms with E-state index in [1.54, 1.807) is 27.7 Å². The van der Waals surface area contributed by atoms with Gasteiger partial charge in [0.05, 0.1) is 12.4 Å². The van der Waals surface area contributed by atoms with E-state index < -0.39 is 47.9 Å². The van der Waals surface area contributed by atoms with Crippen molar-refractivity contribution in [3.63, 3.8) is 0 Å². The van der Waals surface area contributed by atoms with Crippen LogP contribution in [0, 0.1) is 11.8 Å². The SMILES string of the molecule is CC(C)C(N)C(=O)NC(CS)C(=O)NC(C(=O)NC(Cc1cnc[nH]1)C(=O)O)C(C)C. The zero-order chi connectivity index (χ0) is 23.7. The van der Waals surface area contributed by atoms with E-state index in [4.69, 9.17) is 5.73 Å². The van der Waals surface area contributed by atoms with E-state index in [0.29, 0.717) is 5.69 Å². The van der Waals surface area contributed by atoms with Gasteiger partial charge in [-0.3, -0.25) is 14.4 Å². The predicted octanol–water partition coefficient (Wildman–Crippen LogP) is -0.940. The van der Waals surface area contributed by atoms with Crippen LogP contribution in [0.5, 0.6) is 0 Å². The van der Waals surface area contributed by atoms with Crippen molar-refractivity contribution in [2.24, 2.45) is 17.6 Å². The van der Waals surface area contributed by atoms with Crippen molar-refractivity contribution < 1.29 is 24.3 Å². The van der Waals surface area contributed by atoms with Gasteiger partial charge >= 0.3 is 5.97 Å². The number of nitrogens with zero attached hydrogens (tertiary/aromatic N) is 1. The molecule has 0 aliphatic heterocycles. The normalized spacial score (nSPS) is 15.1. The molecule has 1 aromatic heterocycles. The lowest BCUT2D eigenvalue weighted by atomic mass is 10.0. The molecular formula is C19H32N6O5S. The van der Waals surface area contributed by atoms with Crippen molar-refractivity contribution in [1.82, 2.24) is 25.9 Å². The Morgan fingerprint density at radius 2 is 1.65 bits per heavy atom. The summed E-state index contributed by atoms with van der Waals surface area (Å²) in [7, 11) is 0. The number of aromatic amines is 1. The van der Waals surface area contributed by atoms with Gasteiger partial charge in [-0.05, 0) is 11.8 Å². The quantitative estimate of drug-likeness (QED) is 0.198. The summed E-state index contributed by atoms with van der Waals surface area (Å²) in [6, 6.07) is -4.03. The van der Waals surface area contributed by atoms with Gasteiger partial charge in [0.25, 0.3) is 0 Å². The third-order valence-electron chi connectivity index (χ3n) is 4.68. The predicted molar refractivity (Wildman–Crippen MR) is 117 cm³/mol. The lowest BCUT2D eigenvalue weighted by Gasteiger charge is -2.26. The van der Waals surface area contributed by atoms with Crippen molar-refractivity contribution in [2.75, 3.05) is 5.75 Å². The Morgan fingerprint density at radius 3 is 2.10 bits per heavy atom. The Hall–Kier alpha value is -2.60. The number of carbonyl (C=O) groups excluding carboxylic acids is 3. The van der Waals surface area contributed by atoms with Crippen LogP contribution in [0.3, 0.4) is 0 Å². The molecule has 4 atom stereocenters. The summed E-state index contributed by atoms with van der Waals surface area (Å²) in [6.07, 6.45) is 2.87. The summed E-state index contributed by atoms with van der Waals surface area (Å²) < 4.78 is 0. The first-order chi connectivity index (χ1) is 14.5. The molecule has 174 valence electrons. The fraction of sp³-hybridized carbons (Fsp3) is 0.632. The molecule has 1 aromatic rings. The minimum atomic E-state index is -1.22. The number of hydrogen-bond acceptors (Lipinski definition) is 7. The molecule has 0 fully saturated rings. The highest BCUT2D eigenvalue weighted by Crippen LogP contribution is 2.06. The van der Waals surface area contributed by atoms with Gasteiger partial charge in [0.1, 0.15) is 18.1 Å². The Kier molecular flexibility index (Phi) is 10.5. The lowest BCUT2D eigenvalue weighted by Crippen LogP contribution is -2.59. The van der Waals surface area contributed by atoms with Crippen molar-refractivity contribution in [3.05, 3.63) is 18.2 Å². The Bertz CT molecular complexity index is 755. The van der Waals surface area contributed by atoms with E-state index in [2.05, 4.69) is 38.5 Å². The van der Waals surface area contributed by atoms with Crippen LogP contribution in [-0.2, 0) is 25.6 Å². The number of aliphatic carboxylic acids is 1. The highest BCUT2D eigenvalue weighted by molar-refractivity contribution is 7.80. The average Bonchev–Trinajstić information content (AvgIpc) is 3.21. The van der Waals surface area contributed by atoms with Gasteiger partial charge in [0.15, 0.2) is 0 Å². The molecular weight excluding hydrogens is 424 g/mol. The van der Waals surface area contributed by atoms with Crippen LogP contribution in [0.2, 0.25) is 0 Å². The van der Waals surface area contributed by atoms with Crippen molar-refractivity contribution in [2.45, 2.75) is 58.3 Å². The van der Waals surface area contributed by atoms with Crippen LogP contribution in [0.4, 0.5) is 0 Å². The van der Waals surface area contributed by atoms with Crippen LogP contribution in [0.25, 0.3) is 0 Å². The molecule has 31 heavy (non-hydrogen) atoms. The highest BCUT2D eigenvalue weighted by atomic mass is 32.1. The second-order valence-electron chi connectivity index (χ2n) is 7.92. The maximum atomic E-state index is 12.8. The molecule has 1 rings (SSSR count). The maximum absolute atomic E-state index is 12.8. The molecule has 0 saturated carbocycles. The molecule has 12 heteroatoms. The Morgan fingerprint density at radius 1 is 1.03 bits per heavy atom. The largest absolute Gasteiger partial charge is 0.480 e. The van der Waals surface area contributed by atoms with Crippen molar-refractivity contribution in [1.29, 1.82) is 0 Å². The second-order valence-corrected chi connectivity index (χ2v) is 8.29. The zero-order valence-corrected chi connectivity index (χ0v) is 19.0. The van der Waals surface area contributed by atoms with E-state index >= 15 is 0 Å². The maximum Gasteiger partial charge on any atom is 0.326 e. The van der Waals surface area contributed by atoms with Crippen LogP contribution < -0.4 is 21.7 Å². The van der Waals surface area contributed by atoms with Gasteiger partial charge in [-0.15, -0.1) is 0 Å². The summed E-state index contributed by atoms with van der Waals surface area (Å²) in [5.41, 5.74) is 6.34. The first kappa shape index (κ1) is 26.4. The third-order valence-corrected chi connectivity index (χ3v) is 5.04. The zero-order valence-electron chi connectivity index (χ0n) is 18.1. The molecule has 0 radical (unpaired) electrons. The van der Waals surface area contributed by atoms with Gasteiger partial charge < -0.3 is 31.8 Å². The smallest absolute Gasteiger partial charge is 0.326 e. The van der Waals surface area contributed by atoms with Gasteiger partial charge in [-0.1, -0.05) is 27.7 Å². The van der Waals surface area contributed by atoms with E-state index in [0.717, 1.165) is 0 Å². The summed E-state index contributed by atoms with van der Waals surface area (Å²) in [5, 5.41) is 17.0. The molecule has 0 bridgehead atoms. The average molecular weight is 457 g/mol. The van der Waals surface area contributed by atoms with Gasteiger partial charge in [0.2, 0.25) is 17.7 Å². The lowest BCUT2D eigenvalue weighted by molar-refractivity contribution is -0.142. The van der Waals surface area contributed by atoms with E-state index in [1.165, 1.54) is 12.5 Å². The number of thiol groups is 1. The molecule has 7 N–H and O–H groups in total. The number of aromatic nitrogens is 2. The fourth-order valence-corrected chi connectivity index (χ4v) is 2.89. The summed E-state index contributed by atoms with van der Waals surface area (Å²) in [6.45, 7) is 6.97. The Balaban J connectivity index is 2.84. The summed E-state index contributed by atoms with van der Waals surface area (Å²) >= 11 is 4.10. The number of carboxylic acid groups (broad SMARTS) is 1. The molecule has 11 nitrogen and oxygen atoms in total. The number of carbonyl (C=O) groups is 4. The summed E-state index contributed by atoms with van der Waals surface area (Å²) in [4.78, 5) is 55.8. The molecule has 0 aromatic carbocycles. The molecule has 0 aliphatic rings. The molecule has 0 spiro atoms. The number of hydrogen-bond donors (Lipinski definition) is 7. The highest BCUT2D eigenvalue weighted by Gasteiger charge is 2.32. The van der Waals surface area contributed by atoms with Gasteiger partial charge in [0, 0.05) is 24.1 Å². The van der Waals surface area contributed by atoms with Crippen LogP contribution in [0.1, 0.15) is 33.4 Å². The number of nitrogens with one attached hydrogen (secondary N) is 4. The Labute approximate surface area is 186 Å². The molecule has 0 aliphatic carbocycles. The number of amides is 3. The second kappa shape index (κ2) is 12.3. The standard InChI is InChI=1S/C19H32N6O5S/c1-9(2)14(20)17(27)24-13(7-31)16(26)25-15(10(3)4)18(28)23-12(19(29)30)5-11-6-21-8-22-11/h6,8-10,12-15,31H,5,7,20H2,1-4H3,(H,21,22)(H,23,28)(H,24,27)(H,25,26)(H,29,30). The van der Waals surface area contributed by atoms with Crippen LogP contribution in [0.15, 0.2) is 12.5 Å². The van der Waals surface area contributed by atoms with Gasteiger partial charge in [-0.2, -0.15) is 12.6 Å². The number of H-pyrrole nitrogens is 1. The minimum absolute atomic E-state index is 0.00223. The van der Waals surface area contributed by atoms with Crippen molar-refractivity contribution in [3.8, 4) is 0 Å². The topological polar surface area (TPSA) is 179 Å². The van der Waals surface area contributed by atoms with Gasteiger partial charge in [-0.25, -0.2) is 9.78 Å². The fourth-order valence-electron chi connectivity index (χ4n) is 2.63. The molecule has 4 unspecified atom stereocenters. The first-order valence-electron chi connectivity index (χ1n) is 9.95. The van der Waals surface area contributed by atoms with Crippen molar-refractivity contribution >= 4 is 36.3 Å². The minimum Gasteiger partial charge on any atom is -0.480 e. The molecule has 3 amide bonds. The van der Waals surface area contributed by atoms with E-state index in [-0.39, 0.29) is 24.0 Å². The number of imidazole rings is 1. The van der Waals surface area contributed by atoms with Crippen LogP contribution in [-0.4, -0.2) is 68.7 Å².